The molecule has 4 aromatic rings. The first-order chi connectivity index (χ1) is 22.7. The van der Waals surface area contributed by atoms with E-state index in [1.54, 1.807) is 30.5 Å². The van der Waals surface area contributed by atoms with Gasteiger partial charge in [-0.2, -0.15) is 0 Å². The molecule has 238 valence electrons. The number of nitrogens with zero attached hydrogens (tertiary/aromatic N) is 3. The molecule has 7 rings (SSSR count). The third kappa shape index (κ3) is 5.93. The Morgan fingerprint density at radius 3 is 2.79 bits per heavy atom. The Morgan fingerprint density at radius 2 is 2.00 bits per heavy atom. The number of H-pyrrole nitrogens is 1. The molecule has 5 heterocycles. The van der Waals surface area contributed by atoms with Gasteiger partial charge in [-0.3, -0.25) is 29.4 Å². The molecule has 2 saturated heterocycles. The first-order valence-electron chi connectivity index (χ1n) is 15.4. The summed E-state index contributed by atoms with van der Waals surface area (Å²) < 4.78 is 20.6. The van der Waals surface area contributed by atoms with E-state index in [9.17, 15) is 23.6 Å². The summed E-state index contributed by atoms with van der Waals surface area (Å²) in [7, 11) is 2.10. The van der Waals surface area contributed by atoms with Crippen molar-refractivity contribution in [2.75, 3.05) is 25.5 Å². The number of carbonyl (C=O) groups is 4. The van der Waals surface area contributed by atoms with E-state index in [1.807, 2.05) is 0 Å². The van der Waals surface area contributed by atoms with Crippen LogP contribution < -0.4 is 15.4 Å². The Morgan fingerprint density at radius 1 is 1.13 bits per heavy atom. The third-order valence-corrected chi connectivity index (χ3v) is 8.95. The number of imide groups is 1. The van der Waals surface area contributed by atoms with Crippen molar-refractivity contribution in [2.45, 2.75) is 44.3 Å². The molecule has 11 nitrogen and oxygen atoms in total. The van der Waals surface area contributed by atoms with Crippen molar-refractivity contribution in [1.29, 1.82) is 0 Å². The molecule has 0 saturated carbocycles. The highest BCUT2D eigenvalue weighted by atomic mass is 19.1. The van der Waals surface area contributed by atoms with Gasteiger partial charge < -0.3 is 19.9 Å². The molecule has 4 amide bonds. The maximum Gasteiger partial charge on any atom is 0.259 e. The lowest BCUT2D eigenvalue weighted by Gasteiger charge is -2.29. The lowest BCUT2D eigenvalue weighted by atomic mass is 10.0. The van der Waals surface area contributed by atoms with Crippen LogP contribution in [0.25, 0.3) is 10.9 Å². The Balaban J connectivity index is 0.973. The fraction of sp³-hybridized carbons (Fsp3) is 0.286. The first-order valence-corrected chi connectivity index (χ1v) is 15.4. The van der Waals surface area contributed by atoms with E-state index in [4.69, 9.17) is 4.74 Å². The highest BCUT2D eigenvalue weighted by Gasteiger charge is 2.39. The van der Waals surface area contributed by atoms with Gasteiger partial charge in [0, 0.05) is 59.5 Å². The van der Waals surface area contributed by atoms with Crippen LogP contribution in [0.3, 0.4) is 0 Å². The van der Waals surface area contributed by atoms with Gasteiger partial charge in [0.15, 0.2) is 0 Å². The summed E-state index contributed by atoms with van der Waals surface area (Å²) in [6, 6.07) is 12.6. The van der Waals surface area contributed by atoms with Gasteiger partial charge in [0.05, 0.1) is 11.1 Å². The summed E-state index contributed by atoms with van der Waals surface area (Å²) in [5.41, 5.74) is 3.56. The third-order valence-electron chi connectivity index (χ3n) is 8.95. The Kier molecular flexibility index (Phi) is 7.91. The van der Waals surface area contributed by atoms with Crippen molar-refractivity contribution in [1.82, 2.24) is 25.1 Å². The van der Waals surface area contributed by atoms with Crippen molar-refractivity contribution in [3.05, 3.63) is 88.5 Å². The summed E-state index contributed by atoms with van der Waals surface area (Å²) in [5, 5.41) is 5.91. The van der Waals surface area contributed by atoms with Crippen molar-refractivity contribution in [3.8, 4) is 17.6 Å². The van der Waals surface area contributed by atoms with Crippen LogP contribution >= 0.6 is 0 Å². The molecule has 47 heavy (non-hydrogen) atoms. The predicted molar refractivity (Wildman–Crippen MR) is 170 cm³/mol. The number of nitrogens with one attached hydrogen (secondary N) is 3. The minimum atomic E-state index is -0.756. The zero-order valence-electron chi connectivity index (χ0n) is 25.6. The lowest BCUT2D eigenvalue weighted by molar-refractivity contribution is -0.136. The van der Waals surface area contributed by atoms with E-state index < -0.39 is 23.7 Å². The molecule has 0 bridgehead atoms. The maximum absolute atomic E-state index is 15.0. The number of fused-ring (bicyclic) bond motifs is 2. The highest BCUT2D eigenvalue weighted by Crippen LogP contribution is 2.32. The second-order valence-electron chi connectivity index (χ2n) is 11.9. The topological polar surface area (TPSA) is 137 Å². The molecular formula is C35H31FN6O5. The molecule has 1 unspecified atom stereocenters. The average molecular weight is 635 g/mol. The molecule has 3 N–H and O–H groups in total. The zero-order valence-corrected chi connectivity index (χ0v) is 25.6. The Labute approximate surface area is 269 Å². The van der Waals surface area contributed by atoms with Gasteiger partial charge in [-0.1, -0.05) is 17.9 Å². The second-order valence-corrected chi connectivity index (χ2v) is 11.9. The summed E-state index contributed by atoms with van der Waals surface area (Å²) in [4.78, 5) is 61.3. The van der Waals surface area contributed by atoms with Gasteiger partial charge in [-0.05, 0) is 68.8 Å². The number of pyridine rings is 1. The van der Waals surface area contributed by atoms with E-state index in [0.29, 0.717) is 28.6 Å². The van der Waals surface area contributed by atoms with Crippen LogP contribution in [0, 0.1) is 17.7 Å². The van der Waals surface area contributed by atoms with Crippen LogP contribution in [-0.2, 0) is 16.1 Å². The number of likely N-dealkylation sites (tertiary alicyclic amines) is 1. The number of aromatic nitrogens is 2. The number of amides is 4. The molecule has 2 atom stereocenters. The van der Waals surface area contributed by atoms with E-state index in [2.05, 4.69) is 50.5 Å². The normalized spacial score (nSPS) is 19.4. The molecule has 2 fully saturated rings. The molecular weight excluding hydrogens is 603 g/mol. The molecule has 0 spiro atoms. The molecule has 2 aromatic heterocycles. The maximum atomic E-state index is 15.0. The number of anilines is 1. The Bertz CT molecular complexity index is 2010. The number of halogens is 1. The number of piperidine rings is 1. The van der Waals surface area contributed by atoms with Crippen molar-refractivity contribution < 1.29 is 28.3 Å². The van der Waals surface area contributed by atoms with Crippen molar-refractivity contribution in [3.63, 3.8) is 0 Å². The summed E-state index contributed by atoms with van der Waals surface area (Å²) in [5.74, 6) is 3.90. The fourth-order valence-electron chi connectivity index (χ4n) is 6.51. The highest BCUT2D eigenvalue weighted by molar-refractivity contribution is 6.06. The van der Waals surface area contributed by atoms with E-state index >= 15 is 0 Å². The largest absolute Gasteiger partial charge is 0.481 e. The molecule has 0 aliphatic carbocycles. The number of aromatic amines is 1. The minimum absolute atomic E-state index is 0.0713. The van der Waals surface area contributed by atoms with Crippen LogP contribution in [0.5, 0.6) is 5.75 Å². The molecule has 0 radical (unpaired) electrons. The monoisotopic (exact) mass is 634 g/mol. The Hall–Kier alpha value is -5.54. The molecule has 2 aromatic carbocycles. The van der Waals surface area contributed by atoms with E-state index in [-0.39, 0.29) is 49.1 Å². The molecule has 12 heteroatoms. The average Bonchev–Trinajstić information content (AvgIpc) is 3.76. The molecule has 3 aliphatic rings. The lowest BCUT2D eigenvalue weighted by Crippen LogP contribution is -2.52. The van der Waals surface area contributed by atoms with Gasteiger partial charge in [0.25, 0.3) is 11.8 Å². The number of carbonyl (C=O) groups excluding carboxylic acids is 4. The molecule has 3 aliphatic heterocycles. The number of hydrogen-bond donors (Lipinski definition) is 3. The first kappa shape index (κ1) is 30.1. The zero-order chi connectivity index (χ0) is 32.7. The number of ether oxygens (including phenoxy) is 1. The minimum Gasteiger partial charge on any atom is -0.481 e. The smallest absolute Gasteiger partial charge is 0.259 e. The predicted octanol–water partition coefficient (Wildman–Crippen LogP) is 3.91. The summed E-state index contributed by atoms with van der Waals surface area (Å²) in [6.45, 7) is 1.18. The number of benzene rings is 2. The SMILES string of the molecule is CN1CCC[C@@H]1c1cc2cnc(NC(=O)c3ccc(OCC#Cc4cccc5c4CN(C4CCC(=O)NC4=O)C5=O)cc3F)cc2[nH]1. The van der Waals surface area contributed by atoms with Crippen LogP contribution in [0.4, 0.5) is 10.2 Å². The van der Waals surface area contributed by atoms with Gasteiger partial charge in [0.2, 0.25) is 11.8 Å². The van der Waals surface area contributed by atoms with Gasteiger partial charge in [-0.25, -0.2) is 9.37 Å². The van der Waals surface area contributed by atoms with Crippen LogP contribution in [-0.4, -0.2) is 69.6 Å². The van der Waals surface area contributed by atoms with E-state index in [1.165, 1.54) is 17.0 Å². The fourth-order valence-corrected chi connectivity index (χ4v) is 6.51. The van der Waals surface area contributed by atoms with E-state index in [0.717, 1.165) is 42.0 Å². The number of hydrogen-bond acceptors (Lipinski definition) is 7. The van der Waals surface area contributed by atoms with Gasteiger partial charge in [0.1, 0.15) is 30.0 Å². The number of rotatable bonds is 6. The van der Waals surface area contributed by atoms with Crippen LogP contribution in [0.1, 0.15) is 69.3 Å². The quantitative estimate of drug-likeness (QED) is 0.216. The van der Waals surface area contributed by atoms with Crippen molar-refractivity contribution >= 4 is 40.3 Å². The van der Waals surface area contributed by atoms with Crippen LogP contribution in [0.2, 0.25) is 0 Å². The van der Waals surface area contributed by atoms with Crippen molar-refractivity contribution in [2.24, 2.45) is 0 Å². The van der Waals surface area contributed by atoms with Gasteiger partial charge >= 0.3 is 0 Å². The summed E-state index contributed by atoms with van der Waals surface area (Å²) >= 11 is 0. The standard InChI is InChI=1S/C35H31FN6O5/c1-41-13-3-8-29(41)28-15-21-18-37-31(17-27(21)38-28)39-33(44)24-10-9-22(16-26(24)36)47-14-4-6-20-5-2-7-23-25(20)19-42(35(23)46)30-11-12-32(43)40-34(30)45/h2,5,7,9-10,15-18,29-30,38H,3,8,11-14,19H2,1H3,(H,37,39,44)(H,40,43,45)/t29-,30?/m1/s1. The van der Waals surface area contributed by atoms with Crippen LogP contribution in [0.15, 0.2) is 54.7 Å². The van der Waals surface area contributed by atoms with Gasteiger partial charge in [-0.15, -0.1) is 0 Å². The summed E-state index contributed by atoms with van der Waals surface area (Å²) in [6.07, 6.45) is 4.36. The second kappa shape index (κ2) is 12.3.